The Morgan fingerprint density at radius 3 is 2.78 bits per heavy atom. The lowest BCUT2D eigenvalue weighted by atomic mass is 10.2. The summed E-state index contributed by atoms with van der Waals surface area (Å²) >= 11 is 1.44. The molecule has 0 aliphatic carbocycles. The smallest absolute Gasteiger partial charge is 0.183 e. The summed E-state index contributed by atoms with van der Waals surface area (Å²) in [5.74, 6) is -2.17. The number of nitriles is 1. The molecule has 3 nitrogen and oxygen atoms in total. The Morgan fingerprint density at radius 2 is 2.17 bits per heavy atom. The van der Waals surface area contributed by atoms with Crippen molar-refractivity contribution in [3.63, 3.8) is 0 Å². The van der Waals surface area contributed by atoms with Gasteiger partial charge in [0.15, 0.2) is 11.6 Å². The standard InChI is InChI=1S/C12H9F2N3S/c1-7-6-18-10(17-7)5-16-9-3-2-8(4-15)11(13)12(9)14/h2-3,6,16H,5H2,1H3. The van der Waals surface area contributed by atoms with Gasteiger partial charge in [-0.25, -0.2) is 13.8 Å². The second kappa shape index (κ2) is 5.10. The molecule has 2 aromatic rings. The summed E-state index contributed by atoms with van der Waals surface area (Å²) in [6.07, 6.45) is 0. The largest absolute Gasteiger partial charge is 0.376 e. The minimum Gasteiger partial charge on any atom is -0.376 e. The molecule has 1 heterocycles. The average Bonchev–Trinajstić information content (AvgIpc) is 2.77. The quantitative estimate of drug-likeness (QED) is 0.927. The second-order valence-electron chi connectivity index (χ2n) is 3.64. The van der Waals surface area contributed by atoms with E-state index in [4.69, 9.17) is 5.26 Å². The molecule has 2 rings (SSSR count). The number of aryl methyl sites for hydroxylation is 1. The van der Waals surface area contributed by atoms with Gasteiger partial charge in [0.2, 0.25) is 0 Å². The molecule has 0 aliphatic rings. The Balaban J connectivity index is 2.15. The molecule has 1 N–H and O–H groups in total. The zero-order valence-corrected chi connectivity index (χ0v) is 10.3. The second-order valence-corrected chi connectivity index (χ2v) is 4.58. The summed E-state index contributed by atoms with van der Waals surface area (Å²) in [7, 11) is 0. The molecule has 6 heteroatoms. The van der Waals surface area contributed by atoms with Gasteiger partial charge in [-0.15, -0.1) is 11.3 Å². The van der Waals surface area contributed by atoms with Crippen molar-refractivity contribution < 1.29 is 8.78 Å². The molecular formula is C12H9F2N3S. The maximum atomic E-state index is 13.6. The van der Waals surface area contributed by atoms with Crippen LogP contribution in [0.15, 0.2) is 17.5 Å². The van der Waals surface area contributed by atoms with Gasteiger partial charge >= 0.3 is 0 Å². The van der Waals surface area contributed by atoms with E-state index in [0.717, 1.165) is 10.7 Å². The van der Waals surface area contributed by atoms with E-state index < -0.39 is 11.6 Å². The number of aromatic nitrogens is 1. The van der Waals surface area contributed by atoms with Crippen molar-refractivity contribution in [3.8, 4) is 6.07 Å². The van der Waals surface area contributed by atoms with Crippen LogP contribution >= 0.6 is 11.3 Å². The van der Waals surface area contributed by atoms with E-state index in [-0.39, 0.29) is 11.3 Å². The first kappa shape index (κ1) is 12.5. The highest BCUT2D eigenvalue weighted by Gasteiger charge is 2.13. The number of rotatable bonds is 3. The van der Waals surface area contributed by atoms with Crippen molar-refractivity contribution in [2.24, 2.45) is 0 Å². The third-order valence-corrected chi connectivity index (χ3v) is 3.27. The molecule has 0 unspecified atom stereocenters. The van der Waals surface area contributed by atoms with Crippen LogP contribution in [0.4, 0.5) is 14.5 Å². The summed E-state index contributed by atoms with van der Waals surface area (Å²) in [6, 6.07) is 4.18. The first-order valence-corrected chi connectivity index (χ1v) is 6.02. The summed E-state index contributed by atoms with van der Waals surface area (Å²) < 4.78 is 26.9. The number of hydrogen-bond donors (Lipinski definition) is 1. The Hall–Kier alpha value is -2.00. The molecule has 18 heavy (non-hydrogen) atoms. The number of hydrogen-bond acceptors (Lipinski definition) is 4. The molecule has 0 saturated heterocycles. The van der Waals surface area contributed by atoms with Gasteiger partial charge in [0.25, 0.3) is 0 Å². The van der Waals surface area contributed by atoms with Crippen LogP contribution in [-0.2, 0) is 6.54 Å². The Labute approximate surface area is 107 Å². The first-order chi connectivity index (χ1) is 8.61. The van der Waals surface area contributed by atoms with Crippen LogP contribution in [0.5, 0.6) is 0 Å². The Bertz CT molecular complexity index is 616. The number of nitrogens with one attached hydrogen (secondary N) is 1. The van der Waals surface area contributed by atoms with Gasteiger partial charge in [-0.2, -0.15) is 5.26 Å². The highest BCUT2D eigenvalue weighted by molar-refractivity contribution is 7.09. The minimum absolute atomic E-state index is 0.0272. The number of halogens is 2. The average molecular weight is 265 g/mol. The zero-order valence-electron chi connectivity index (χ0n) is 9.50. The van der Waals surface area contributed by atoms with Crippen molar-refractivity contribution >= 4 is 17.0 Å². The normalized spacial score (nSPS) is 10.1. The van der Waals surface area contributed by atoms with Crippen molar-refractivity contribution in [1.82, 2.24) is 4.98 Å². The molecule has 1 aromatic carbocycles. The fourth-order valence-corrected chi connectivity index (χ4v) is 2.14. The number of benzene rings is 1. The van der Waals surface area contributed by atoms with Crippen LogP contribution in [0, 0.1) is 29.9 Å². The molecular weight excluding hydrogens is 256 g/mol. The van der Waals surface area contributed by atoms with E-state index in [2.05, 4.69) is 10.3 Å². The van der Waals surface area contributed by atoms with Gasteiger partial charge in [0.05, 0.1) is 17.8 Å². The number of nitrogens with zero attached hydrogens (tertiary/aromatic N) is 2. The fourth-order valence-electron chi connectivity index (χ4n) is 1.43. The highest BCUT2D eigenvalue weighted by atomic mass is 32.1. The van der Waals surface area contributed by atoms with Gasteiger partial charge in [-0.1, -0.05) is 0 Å². The maximum absolute atomic E-state index is 13.6. The molecule has 0 bridgehead atoms. The lowest BCUT2D eigenvalue weighted by molar-refractivity contribution is 0.508. The van der Waals surface area contributed by atoms with Crippen molar-refractivity contribution in [3.05, 3.63) is 45.4 Å². The predicted molar refractivity (Wildman–Crippen MR) is 65.3 cm³/mol. The van der Waals surface area contributed by atoms with E-state index >= 15 is 0 Å². The third-order valence-electron chi connectivity index (χ3n) is 2.30. The monoisotopic (exact) mass is 265 g/mol. The van der Waals surface area contributed by atoms with E-state index in [1.54, 1.807) is 6.07 Å². The molecule has 0 fully saturated rings. The zero-order chi connectivity index (χ0) is 13.1. The fraction of sp³-hybridized carbons (Fsp3) is 0.167. The van der Waals surface area contributed by atoms with Crippen LogP contribution < -0.4 is 5.32 Å². The number of thiazole rings is 1. The van der Waals surface area contributed by atoms with Crippen molar-refractivity contribution in [2.45, 2.75) is 13.5 Å². The SMILES string of the molecule is Cc1csc(CNc2ccc(C#N)c(F)c2F)n1. The lowest BCUT2D eigenvalue weighted by Gasteiger charge is -2.06. The molecule has 0 aliphatic heterocycles. The highest BCUT2D eigenvalue weighted by Crippen LogP contribution is 2.21. The third kappa shape index (κ3) is 2.46. The van der Waals surface area contributed by atoms with Gasteiger partial charge in [0.1, 0.15) is 11.1 Å². The van der Waals surface area contributed by atoms with Crippen LogP contribution in [0.1, 0.15) is 16.3 Å². The summed E-state index contributed by atoms with van der Waals surface area (Å²) in [5.41, 5.74) is 0.616. The van der Waals surface area contributed by atoms with Crippen LogP contribution in [0.3, 0.4) is 0 Å². The van der Waals surface area contributed by atoms with Crippen LogP contribution in [0.25, 0.3) is 0 Å². The lowest BCUT2D eigenvalue weighted by Crippen LogP contribution is -2.03. The summed E-state index contributed by atoms with van der Waals surface area (Å²) in [6.45, 7) is 2.18. The van der Waals surface area contributed by atoms with Crippen molar-refractivity contribution in [1.29, 1.82) is 5.26 Å². The predicted octanol–water partition coefficient (Wildman–Crippen LogP) is 3.21. The molecule has 0 amide bonds. The van der Waals surface area contributed by atoms with Crippen LogP contribution in [0.2, 0.25) is 0 Å². The molecule has 0 saturated carbocycles. The van der Waals surface area contributed by atoms with E-state index in [9.17, 15) is 8.78 Å². The van der Waals surface area contributed by atoms with Gasteiger partial charge in [-0.05, 0) is 19.1 Å². The van der Waals surface area contributed by atoms with Gasteiger partial charge in [0, 0.05) is 11.1 Å². The molecule has 0 radical (unpaired) electrons. The van der Waals surface area contributed by atoms with E-state index in [0.29, 0.717) is 6.54 Å². The van der Waals surface area contributed by atoms with E-state index in [1.807, 2.05) is 12.3 Å². The van der Waals surface area contributed by atoms with E-state index in [1.165, 1.54) is 23.5 Å². The summed E-state index contributed by atoms with van der Waals surface area (Å²) in [5, 5.41) is 14.0. The molecule has 0 atom stereocenters. The topological polar surface area (TPSA) is 48.7 Å². The molecule has 92 valence electrons. The maximum Gasteiger partial charge on any atom is 0.183 e. The minimum atomic E-state index is -1.13. The number of anilines is 1. The van der Waals surface area contributed by atoms with Gasteiger partial charge < -0.3 is 5.32 Å². The molecule has 1 aromatic heterocycles. The summed E-state index contributed by atoms with van der Waals surface area (Å²) in [4.78, 5) is 4.20. The van der Waals surface area contributed by atoms with Crippen molar-refractivity contribution in [2.75, 3.05) is 5.32 Å². The Morgan fingerprint density at radius 1 is 1.39 bits per heavy atom. The van der Waals surface area contributed by atoms with Crippen LogP contribution in [-0.4, -0.2) is 4.98 Å². The Kier molecular flexibility index (Phi) is 3.53. The molecule has 0 spiro atoms. The van der Waals surface area contributed by atoms with Gasteiger partial charge in [-0.3, -0.25) is 0 Å². The first-order valence-electron chi connectivity index (χ1n) is 5.15.